The van der Waals surface area contributed by atoms with Gasteiger partial charge < -0.3 is 9.30 Å². The van der Waals surface area contributed by atoms with Gasteiger partial charge in [0.2, 0.25) is 0 Å². The number of carbonyl (C=O) groups is 1. The van der Waals surface area contributed by atoms with E-state index >= 15 is 0 Å². The Bertz CT molecular complexity index is 411. The summed E-state index contributed by atoms with van der Waals surface area (Å²) in [5, 5.41) is 0. The fourth-order valence-electron chi connectivity index (χ4n) is 2.79. The Morgan fingerprint density at radius 1 is 0.875 bits per heavy atom. The maximum Gasteiger partial charge on any atom is 0.305 e. The molecule has 0 amide bonds. The van der Waals surface area contributed by atoms with Gasteiger partial charge in [0.25, 0.3) is 0 Å². The molecule has 1 aromatic heterocycles. The molecule has 1 heterocycles. The molecule has 24 heavy (non-hydrogen) atoms. The highest BCUT2D eigenvalue weighted by molar-refractivity contribution is 5.69. The Morgan fingerprint density at radius 2 is 1.50 bits per heavy atom. The minimum atomic E-state index is -0.0194. The van der Waals surface area contributed by atoms with Gasteiger partial charge in [0.05, 0.1) is 6.61 Å². The summed E-state index contributed by atoms with van der Waals surface area (Å²) >= 11 is 0. The number of esters is 1. The summed E-state index contributed by atoms with van der Waals surface area (Å²) in [5.41, 5.74) is 0. The number of hydrogen-bond acceptors (Lipinski definition) is 2. The largest absolute Gasteiger partial charge is 0.466 e. The Balaban J connectivity index is 1.78. The van der Waals surface area contributed by atoms with Crippen molar-refractivity contribution in [2.24, 2.45) is 0 Å². The van der Waals surface area contributed by atoms with E-state index in [0.717, 1.165) is 38.6 Å². The van der Waals surface area contributed by atoms with E-state index in [2.05, 4.69) is 35.7 Å². The third-order valence-electron chi connectivity index (χ3n) is 4.28. The molecular formula is C21H35NO2. The standard InChI is InChI=1S/C21H35NO2/c1-2-3-4-5-6-7-8-11-16-21(23)24-20-15-10-9-12-17-22-18-13-14-19-22/h2,13-14,18-19H,1,3-12,15-17,20H2. The Kier molecular flexibility index (Phi) is 12.9. The van der Waals surface area contributed by atoms with E-state index < -0.39 is 0 Å². The zero-order valence-electron chi connectivity index (χ0n) is 15.3. The van der Waals surface area contributed by atoms with Crippen LogP contribution < -0.4 is 0 Å². The third-order valence-corrected chi connectivity index (χ3v) is 4.28. The van der Waals surface area contributed by atoms with Crippen LogP contribution in [0.1, 0.15) is 77.0 Å². The number of nitrogens with zero attached hydrogens (tertiary/aromatic N) is 1. The smallest absolute Gasteiger partial charge is 0.305 e. The Hall–Kier alpha value is -1.51. The second kappa shape index (κ2) is 15.0. The molecule has 0 spiro atoms. The minimum Gasteiger partial charge on any atom is -0.466 e. The van der Waals surface area contributed by atoms with Crippen molar-refractivity contribution in [1.82, 2.24) is 4.57 Å². The van der Waals surface area contributed by atoms with Gasteiger partial charge in [0.15, 0.2) is 0 Å². The van der Waals surface area contributed by atoms with Crippen molar-refractivity contribution < 1.29 is 9.53 Å². The van der Waals surface area contributed by atoms with Crippen LogP contribution in [0.5, 0.6) is 0 Å². The molecule has 1 aromatic rings. The van der Waals surface area contributed by atoms with Crippen LogP contribution in [-0.2, 0) is 16.1 Å². The Morgan fingerprint density at radius 3 is 2.25 bits per heavy atom. The fourth-order valence-corrected chi connectivity index (χ4v) is 2.79. The van der Waals surface area contributed by atoms with E-state index in [0.29, 0.717) is 13.0 Å². The van der Waals surface area contributed by atoms with Crippen molar-refractivity contribution in [3.63, 3.8) is 0 Å². The van der Waals surface area contributed by atoms with Gasteiger partial charge in [0.1, 0.15) is 0 Å². The summed E-state index contributed by atoms with van der Waals surface area (Å²) in [6, 6.07) is 4.12. The molecule has 3 nitrogen and oxygen atoms in total. The van der Waals surface area contributed by atoms with Gasteiger partial charge in [0, 0.05) is 25.4 Å². The van der Waals surface area contributed by atoms with Gasteiger partial charge in [-0.05, 0) is 50.7 Å². The zero-order valence-corrected chi connectivity index (χ0v) is 15.3. The van der Waals surface area contributed by atoms with Gasteiger partial charge in [-0.25, -0.2) is 0 Å². The van der Waals surface area contributed by atoms with Crippen LogP contribution >= 0.6 is 0 Å². The summed E-state index contributed by atoms with van der Waals surface area (Å²) in [5.74, 6) is -0.0194. The summed E-state index contributed by atoms with van der Waals surface area (Å²) in [4.78, 5) is 11.6. The highest BCUT2D eigenvalue weighted by Crippen LogP contribution is 2.09. The molecule has 0 fully saturated rings. The van der Waals surface area contributed by atoms with E-state index in [1.165, 1.54) is 38.5 Å². The molecule has 0 aliphatic rings. The van der Waals surface area contributed by atoms with Crippen LogP contribution in [0.2, 0.25) is 0 Å². The first-order valence-electron chi connectivity index (χ1n) is 9.70. The Labute approximate surface area is 148 Å². The van der Waals surface area contributed by atoms with E-state index in [9.17, 15) is 4.79 Å². The number of carbonyl (C=O) groups excluding carboxylic acids is 1. The van der Waals surface area contributed by atoms with Gasteiger partial charge in [-0.15, -0.1) is 6.58 Å². The topological polar surface area (TPSA) is 31.2 Å². The molecule has 136 valence electrons. The van der Waals surface area contributed by atoms with Crippen molar-refractivity contribution in [2.45, 2.75) is 83.6 Å². The highest BCUT2D eigenvalue weighted by atomic mass is 16.5. The number of aryl methyl sites for hydroxylation is 1. The lowest BCUT2D eigenvalue weighted by Gasteiger charge is -2.06. The predicted molar refractivity (Wildman–Crippen MR) is 101 cm³/mol. The first kappa shape index (κ1) is 20.5. The second-order valence-electron chi connectivity index (χ2n) is 6.50. The monoisotopic (exact) mass is 333 g/mol. The molecule has 0 aliphatic carbocycles. The molecule has 0 bridgehead atoms. The molecule has 0 aromatic carbocycles. The SMILES string of the molecule is C=CCCCCCCCCC(=O)OCCCCCCn1cccc1. The maximum absolute atomic E-state index is 11.6. The lowest BCUT2D eigenvalue weighted by atomic mass is 10.1. The van der Waals surface area contributed by atoms with Crippen LogP contribution in [0.4, 0.5) is 0 Å². The van der Waals surface area contributed by atoms with Crippen LogP contribution in [0.25, 0.3) is 0 Å². The average molecular weight is 334 g/mol. The number of aromatic nitrogens is 1. The number of rotatable bonds is 16. The number of hydrogen-bond donors (Lipinski definition) is 0. The van der Waals surface area contributed by atoms with Crippen molar-refractivity contribution in [3.05, 3.63) is 37.2 Å². The van der Waals surface area contributed by atoms with Crippen LogP contribution in [0.3, 0.4) is 0 Å². The fraction of sp³-hybridized carbons (Fsp3) is 0.667. The zero-order chi connectivity index (χ0) is 17.3. The van der Waals surface area contributed by atoms with Crippen LogP contribution in [0, 0.1) is 0 Å². The minimum absolute atomic E-state index is 0.0194. The molecule has 0 radical (unpaired) electrons. The van der Waals surface area contributed by atoms with Gasteiger partial charge in [-0.3, -0.25) is 4.79 Å². The highest BCUT2D eigenvalue weighted by Gasteiger charge is 2.02. The lowest BCUT2D eigenvalue weighted by Crippen LogP contribution is -2.05. The van der Waals surface area contributed by atoms with Gasteiger partial charge in [-0.2, -0.15) is 0 Å². The van der Waals surface area contributed by atoms with E-state index in [4.69, 9.17) is 4.74 Å². The van der Waals surface area contributed by atoms with Crippen LogP contribution in [-0.4, -0.2) is 17.1 Å². The quantitative estimate of drug-likeness (QED) is 0.214. The third kappa shape index (κ3) is 12.0. The second-order valence-corrected chi connectivity index (χ2v) is 6.50. The van der Waals surface area contributed by atoms with E-state index in [-0.39, 0.29) is 5.97 Å². The number of unbranched alkanes of at least 4 members (excludes halogenated alkanes) is 9. The average Bonchev–Trinajstić information content (AvgIpc) is 3.10. The molecule has 3 heteroatoms. The normalized spacial score (nSPS) is 10.7. The molecule has 0 N–H and O–H groups in total. The first-order valence-corrected chi connectivity index (χ1v) is 9.70. The molecule has 0 atom stereocenters. The first-order chi connectivity index (χ1) is 11.8. The molecule has 0 aliphatic heterocycles. The van der Waals surface area contributed by atoms with Gasteiger partial charge >= 0.3 is 5.97 Å². The summed E-state index contributed by atoms with van der Waals surface area (Å²) in [6.45, 7) is 5.40. The molecule has 1 rings (SSSR count). The summed E-state index contributed by atoms with van der Waals surface area (Å²) < 4.78 is 7.51. The van der Waals surface area contributed by atoms with Crippen molar-refractivity contribution in [1.29, 1.82) is 0 Å². The summed E-state index contributed by atoms with van der Waals surface area (Å²) in [7, 11) is 0. The molecule has 0 saturated carbocycles. The number of allylic oxidation sites excluding steroid dienone is 1. The van der Waals surface area contributed by atoms with E-state index in [1.54, 1.807) is 0 Å². The lowest BCUT2D eigenvalue weighted by molar-refractivity contribution is -0.143. The van der Waals surface area contributed by atoms with Gasteiger partial charge in [-0.1, -0.05) is 38.2 Å². The predicted octanol–water partition coefficient (Wildman–Crippen LogP) is 5.90. The molecule has 0 unspecified atom stereocenters. The van der Waals surface area contributed by atoms with Crippen molar-refractivity contribution in [2.75, 3.05) is 6.61 Å². The molecular weight excluding hydrogens is 298 g/mol. The maximum atomic E-state index is 11.6. The van der Waals surface area contributed by atoms with Crippen LogP contribution in [0.15, 0.2) is 37.2 Å². The van der Waals surface area contributed by atoms with Crippen molar-refractivity contribution in [3.8, 4) is 0 Å². The van der Waals surface area contributed by atoms with E-state index in [1.807, 2.05) is 6.08 Å². The number of ether oxygens (including phenoxy) is 1. The summed E-state index contributed by atoms with van der Waals surface area (Å²) in [6.07, 6.45) is 19.5. The molecule has 0 saturated heterocycles. The van der Waals surface area contributed by atoms with Crippen molar-refractivity contribution >= 4 is 5.97 Å².